The number of ether oxygens (including phenoxy) is 1. The monoisotopic (exact) mass is 353 g/mol. The molecule has 0 amide bonds. The van der Waals surface area contributed by atoms with E-state index in [9.17, 15) is 15.3 Å². The van der Waals surface area contributed by atoms with Gasteiger partial charge in [-0.25, -0.2) is 0 Å². The Bertz CT molecular complexity index is 633. The van der Waals surface area contributed by atoms with Crippen LogP contribution >= 0.6 is 12.4 Å². The van der Waals surface area contributed by atoms with Crippen LogP contribution in [0.3, 0.4) is 0 Å². The average Bonchev–Trinajstić information content (AvgIpc) is 2.56. The average molecular weight is 354 g/mol. The SMILES string of the molecule is COc1ccc(CC(C)NCC(O)c2ccc(O)c(O)c2)cc1.Cl. The van der Waals surface area contributed by atoms with E-state index < -0.39 is 6.10 Å². The normalized spacial score (nSPS) is 13.0. The molecular weight excluding hydrogens is 330 g/mol. The third-order valence-corrected chi connectivity index (χ3v) is 3.74. The smallest absolute Gasteiger partial charge is 0.157 e. The molecule has 0 aliphatic carbocycles. The van der Waals surface area contributed by atoms with Crippen LogP contribution in [0.2, 0.25) is 0 Å². The Balaban J connectivity index is 0.00000288. The maximum Gasteiger partial charge on any atom is 0.157 e. The van der Waals surface area contributed by atoms with Crippen LogP contribution in [0.1, 0.15) is 24.2 Å². The second kappa shape index (κ2) is 9.37. The topological polar surface area (TPSA) is 82.0 Å². The van der Waals surface area contributed by atoms with Crippen molar-refractivity contribution in [3.63, 3.8) is 0 Å². The van der Waals surface area contributed by atoms with Gasteiger partial charge < -0.3 is 25.4 Å². The number of nitrogens with one attached hydrogen (secondary N) is 1. The molecule has 24 heavy (non-hydrogen) atoms. The Labute approximate surface area is 148 Å². The lowest BCUT2D eigenvalue weighted by atomic mass is 10.1. The van der Waals surface area contributed by atoms with Gasteiger partial charge in [-0.05, 0) is 48.7 Å². The molecule has 0 heterocycles. The molecule has 0 aliphatic heterocycles. The van der Waals surface area contributed by atoms with E-state index in [1.54, 1.807) is 13.2 Å². The van der Waals surface area contributed by atoms with Gasteiger partial charge in [0.2, 0.25) is 0 Å². The summed E-state index contributed by atoms with van der Waals surface area (Å²) >= 11 is 0. The summed E-state index contributed by atoms with van der Waals surface area (Å²) < 4.78 is 5.13. The maximum absolute atomic E-state index is 10.1. The molecule has 2 aromatic carbocycles. The Morgan fingerprint density at radius 1 is 1.04 bits per heavy atom. The van der Waals surface area contributed by atoms with E-state index in [4.69, 9.17) is 4.74 Å². The van der Waals surface area contributed by atoms with Crippen molar-refractivity contribution in [2.45, 2.75) is 25.5 Å². The zero-order valence-electron chi connectivity index (χ0n) is 13.8. The molecule has 0 aliphatic rings. The molecule has 0 fully saturated rings. The second-order valence-corrected chi connectivity index (χ2v) is 5.63. The first-order valence-corrected chi connectivity index (χ1v) is 7.56. The van der Waals surface area contributed by atoms with E-state index in [0.717, 1.165) is 12.2 Å². The van der Waals surface area contributed by atoms with E-state index in [0.29, 0.717) is 12.1 Å². The van der Waals surface area contributed by atoms with Gasteiger partial charge in [-0.1, -0.05) is 18.2 Å². The molecule has 0 bridgehead atoms. The van der Waals surface area contributed by atoms with Gasteiger partial charge in [0.25, 0.3) is 0 Å². The number of benzene rings is 2. The Hall–Kier alpha value is -1.95. The zero-order valence-corrected chi connectivity index (χ0v) is 14.6. The van der Waals surface area contributed by atoms with Crippen LogP contribution in [0, 0.1) is 0 Å². The summed E-state index contributed by atoms with van der Waals surface area (Å²) in [5.41, 5.74) is 1.74. The van der Waals surface area contributed by atoms with Crippen LogP contribution in [0.25, 0.3) is 0 Å². The molecule has 0 spiro atoms. The molecule has 2 aromatic rings. The van der Waals surface area contributed by atoms with Crippen LogP contribution < -0.4 is 10.1 Å². The number of hydrogen-bond donors (Lipinski definition) is 4. The number of phenols is 2. The predicted octanol–water partition coefficient (Wildman–Crippen LogP) is 2.78. The largest absolute Gasteiger partial charge is 0.504 e. The van der Waals surface area contributed by atoms with Crippen molar-refractivity contribution in [2.75, 3.05) is 13.7 Å². The fraction of sp³-hybridized carbons (Fsp3) is 0.333. The number of aliphatic hydroxyl groups excluding tert-OH is 1. The van der Waals surface area contributed by atoms with Gasteiger partial charge in [0.1, 0.15) is 5.75 Å². The van der Waals surface area contributed by atoms with E-state index in [-0.39, 0.29) is 29.9 Å². The van der Waals surface area contributed by atoms with Crippen LogP contribution in [0.4, 0.5) is 0 Å². The zero-order chi connectivity index (χ0) is 16.8. The van der Waals surface area contributed by atoms with E-state index >= 15 is 0 Å². The number of halogens is 1. The predicted molar refractivity (Wildman–Crippen MR) is 96.1 cm³/mol. The van der Waals surface area contributed by atoms with Crippen molar-refractivity contribution in [1.29, 1.82) is 0 Å². The maximum atomic E-state index is 10.1. The number of aliphatic hydroxyl groups is 1. The number of methoxy groups -OCH3 is 1. The molecule has 132 valence electrons. The highest BCUT2D eigenvalue weighted by Gasteiger charge is 2.12. The van der Waals surface area contributed by atoms with E-state index in [1.165, 1.54) is 17.7 Å². The summed E-state index contributed by atoms with van der Waals surface area (Å²) in [7, 11) is 1.64. The first-order valence-electron chi connectivity index (χ1n) is 7.56. The van der Waals surface area contributed by atoms with Crippen LogP contribution in [0.5, 0.6) is 17.2 Å². The highest BCUT2D eigenvalue weighted by molar-refractivity contribution is 5.85. The van der Waals surface area contributed by atoms with Crippen LogP contribution in [0.15, 0.2) is 42.5 Å². The molecule has 0 aromatic heterocycles. The Morgan fingerprint density at radius 3 is 2.29 bits per heavy atom. The van der Waals surface area contributed by atoms with Crippen LogP contribution in [-0.4, -0.2) is 35.0 Å². The second-order valence-electron chi connectivity index (χ2n) is 5.63. The molecule has 2 unspecified atom stereocenters. The van der Waals surface area contributed by atoms with Gasteiger partial charge in [-0.15, -0.1) is 12.4 Å². The van der Waals surface area contributed by atoms with Gasteiger partial charge in [0.15, 0.2) is 11.5 Å². The fourth-order valence-corrected chi connectivity index (χ4v) is 2.37. The summed E-state index contributed by atoms with van der Waals surface area (Å²) in [6, 6.07) is 12.4. The summed E-state index contributed by atoms with van der Waals surface area (Å²) in [4.78, 5) is 0. The summed E-state index contributed by atoms with van der Waals surface area (Å²) in [6.45, 7) is 2.41. The highest BCUT2D eigenvalue weighted by Crippen LogP contribution is 2.27. The number of aromatic hydroxyl groups is 2. The highest BCUT2D eigenvalue weighted by atomic mass is 35.5. The van der Waals surface area contributed by atoms with E-state index in [2.05, 4.69) is 5.32 Å². The molecule has 2 rings (SSSR count). The van der Waals surface area contributed by atoms with Crippen molar-refractivity contribution >= 4 is 12.4 Å². The van der Waals surface area contributed by atoms with Crippen molar-refractivity contribution < 1.29 is 20.1 Å². The quantitative estimate of drug-likeness (QED) is 0.575. The molecular formula is C18H24ClNO4. The lowest BCUT2D eigenvalue weighted by Crippen LogP contribution is -2.32. The van der Waals surface area contributed by atoms with Gasteiger partial charge >= 0.3 is 0 Å². The molecule has 0 saturated carbocycles. The molecule has 5 nitrogen and oxygen atoms in total. The molecule has 6 heteroatoms. The fourth-order valence-electron chi connectivity index (χ4n) is 2.37. The lowest BCUT2D eigenvalue weighted by Gasteiger charge is -2.18. The number of rotatable bonds is 7. The number of hydrogen-bond acceptors (Lipinski definition) is 5. The van der Waals surface area contributed by atoms with Crippen molar-refractivity contribution in [2.24, 2.45) is 0 Å². The third kappa shape index (κ3) is 5.60. The standard InChI is InChI=1S/C18H23NO4.ClH/c1-12(9-13-3-6-15(23-2)7-4-13)19-11-18(22)14-5-8-16(20)17(21)10-14;/h3-8,10,12,18-22H,9,11H2,1-2H3;1H. The minimum atomic E-state index is -0.750. The minimum absolute atomic E-state index is 0. The van der Waals surface area contributed by atoms with Gasteiger partial charge in [0, 0.05) is 12.6 Å². The van der Waals surface area contributed by atoms with Crippen molar-refractivity contribution in [1.82, 2.24) is 5.32 Å². The number of phenolic OH excluding ortho intramolecular Hbond substituents is 2. The summed E-state index contributed by atoms with van der Waals surface area (Å²) in [6.07, 6.45) is 0.0807. The summed E-state index contributed by atoms with van der Waals surface area (Å²) in [5.74, 6) is 0.409. The molecule has 4 N–H and O–H groups in total. The first kappa shape index (κ1) is 20.1. The van der Waals surface area contributed by atoms with Crippen molar-refractivity contribution in [3.05, 3.63) is 53.6 Å². The minimum Gasteiger partial charge on any atom is -0.504 e. The van der Waals surface area contributed by atoms with E-state index in [1.807, 2.05) is 31.2 Å². The molecule has 0 saturated heterocycles. The summed E-state index contributed by atoms with van der Waals surface area (Å²) in [5, 5.41) is 32.2. The van der Waals surface area contributed by atoms with Gasteiger partial charge in [0.05, 0.1) is 13.2 Å². The van der Waals surface area contributed by atoms with Gasteiger partial charge in [-0.3, -0.25) is 0 Å². The third-order valence-electron chi connectivity index (χ3n) is 3.74. The van der Waals surface area contributed by atoms with Crippen LogP contribution in [-0.2, 0) is 6.42 Å². The Kier molecular flexibility index (Phi) is 7.85. The lowest BCUT2D eigenvalue weighted by molar-refractivity contribution is 0.170. The Morgan fingerprint density at radius 2 is 1.71 bits per heavy atom. The first-order chi connectivity index (χ1) is 11.0. The van der Waals surface area contributed by atoms with Gasteiger partial charge in [-0.2, -0.15) is 0 Å². The molecule has 2 atom stereocenters. The van der Waals surface area contributed by atoms with Crippen molar-refractivity contribution in [3.8, 4) is 17.2 Å². The molecule has 0 radical (unpaired) electrons.